The zero-order valence-corrected chi connectivity index (χ0v) is 20.2. The Hall–Kier alpha value is -3.73. The first-order valence-corrected chi connectivity index (χ1v) is 11.8. The van der Waals surface area contributed by atoms with Crippen molar-refractivity contribution in [2.24, 2.45) is 11.7 Å². The number of nitrogens with two attached hydrogens (primary N) is 2. The molecule has 186 valence electrons. The maximum atomic E-state index is 13.3. The second-order valence-electron chi connectivity index (χ2n) is 9.24. The fourth-order valence-electron chi connectivity index (χ4n) is 4.37. The monoisotopic (exact) mass is 480 g/mol. The van der Waals surface area contributed by atoms with Crippen LogP contribution < -0.4 is 26.8 Å². The van der Waals surface area contributed by atoms with Crippen LogP contribution in [0.4, 0.5) is 5.82 Å². The van der Waals surface area contributed by atoms with Gasteiger partial charge in [-0.2, -0.15) is 5.10 Å². The van der Waals surface area contributed by atoms with Crippen LogP contribution in [0, 0.1) is 5.92 Å². The molecule has 0 aromatic carbocycles. The highest BCUT2D eigenvalue weighted by Gasteiger charge is 2.28. The summed E-state index contributed by atoms with van der Waals surface area (Å²) in [5, 5.41) is 10.5. The third kappa shape index (κ3) is 5.19. The number of ether oxygens (including phenoxy) is 1. The van der Waals surface area contributed by atoms with Gasteiger partial charge in [0.25, 0.3) is 5.91 Å². The number of rotatable bonds is 7. The Balaban J connectivity index is 1.49. The number of carbonyl (C=O) groups is 2. The molecule has 0 bridgehead atoms. The van der Waals surface area contributed by atoms with Crippen molar-refractivity contribution in [3.8, 4) is 17.1 Å². The molecule has 35 heavy (non-hydrogen) atoms. The first-order valence-electron chi connectivity index (χ1n) is 11.8. The van der Waals surface area contributed by atoms with Crippen molar-refractivity contribution >= 4 is 23.1 Å². The minimum atomic E-state index is -0.516. The molecule has 3 heterocycles. The molecule has 0 aliphatic heterocycles. The second kappa shape index (κ2) is 10.3. The van der Waals surface area contributed by atoms with Gasteiger partial charge in [-0.1, -0.05) is 13.8 Å². The van der Waals surface area contributed by atoms with Crippen LogP contribution >= 0.6 is 0 Å². The molecule has 0 spiro atoms. The normalized spacial score (nSPS) is 18.9. The third-order valence-corrected chi connectivity index (χ3v) is 6.50. The molecule has 0 unspecified atom stereocenters. The van der Waals surface area contributed by atoms with E-state index >= 15 is 0 Å². The molecule has 1 saturated carbocycles. The Kier molecular flexibility index (Phi) is 7.15. The summed E-state index contributed by atoms with van der Waals surface area (Å²) in [6, 6.07) is 4.86. The van der Waals surface area contributed by atoms with Gasteiger partial charge < -0.3 is 26.8 Å². The van der Waals surface area contributed by atoms with E-state index in [1.165, 1.54) is 6.33 Å². The highest BCUT2D eigenvalue weighted by atomic mass is 16.5. The van der Waals surface area contributed by atoms with Gasteiger partial charge in [-0.05, 0) is 43.7 Å². The molecule has 1 fully saturated rings. The Labute approximate surface area is 203 Å². The summed E-state index contributed by atoms with van der Waals surface area (Å²) in [6.45, 7) is 3.85. The average molecular weight is 481 g/mol. The van der Waals surface area contributed by atoms with Crippen LogP contribution in [0.3, 0.4) is 0 Å². The minimum Gasteiger partial charge on any atom is -0.481 e. The summed E-state index contributed by atoms with van der Waals surface area (Å²) >= 11 is 0. The number of hydrogen-bond acceptors (Lipinski definition) is 8. The number of pyridine rings is 1. The average Bonchev–Trinajstić information content (AvgIpc) is 3.26. The summed E-state index contributed by atoms with van der Waals surface area (Å²) in [5.74, 6) is 0.375. The van der Waals surface area contributed by atoms with Crippen LogP contribution in [0.15, 0.2) is 30.7 Å². The zero-order valence-electron chi connectivity index (χ0n) is 20.2. The van der Waals surface area contributed by atoms with Crippen LogP contribution in [0.25, 0.3) is 16.8 Å². The summed E-state index contributed by atoms with van der Waals surface area (Å²) in [4.78, 5) is 33.8. The van der Waals surface area contributed by atoms with Gasteiger partial charge in [0, 0.05) is 29.9 Å². The molecule has 11 nitrogen and oxygen atoms in total. The van der Waals surface area contributed by atoms with Crippen LogP contribution in [-0.2, 0) is 4.79 Å². The number of anilines is 1. The van der Waals surface area contributed by atoms with Gasteiger partial charge in [-0.15, -0.1) is 0 Å². The highest BCUT2D eigenvalue weighted by Crippen LogP contribution is 2.29. The van der Waals surface area contributed by atoms with E-state index in [-0.39, 0.29) is 35.6 Å². The van der Waals surface area contributed by atoms with Gasteiger partial charge in [0.1, 0.15) is 11.8 Å². The van der Waals surface area contributed by atoms with E-state index in [4.69, 9.17) is 16.2 Å². The van der Waals surface area contributed by atoms with E-state index in [0.717, 1.165) is 31.2 Å². The van der Waals surface area contributed by atoms with Gasteiger partial charge in [0.2, 0.25) is 11.8 Å². The number of nitrogens with zero attached hydrogens (tertiary/aromatic N) is 4. The fraction of sp³-hybridized carbons (Fsp3) is 0.458. The lowest BCUT2D eigenvalue weighted by molar-refractivity contribution is -0.124. The number of amides is 2. The van der Waals surface area contributed by atoms with E-state index < -0.39 is 6.04 Å². The number of hydrogen-bond donors (Lipinski definition) is 4. The fourth-order valence-corrected chi connectivity index (χ4v) is 4.37. The minimum absolute atomic E-state index is 0.0142. The van der Waals surface area contributed by atoms with Gasteiger partial charge in [0.15, 0.2) is 5.82 Å². The van der Waals surface area contributed by atoms with E-state index in [0.29, 0.717) is 22.7 Å². The lowest BCUT2D eigenvalue weighted by atomic mass is 9.90. The number of carbonyl (C=O) groups excluding carboxylic acids is 2. The summed E-state index contributed by atoms with van der Waals surface area (Å²) < 4.78 is 6.84. The lowest BCUT2D eigenvalue weighted by Crippen LogP contribution is -2.50. The number of aromatic nitrogens is 4. The Morgan fingerprint density at radius 2 is 1.80 bits per heavy atom. The molecular formula is C24H32N8O3. The topological polar surface area (TPSA) is 163 Å². The molecule has 4 rings (SSSR count). The Morgan fingerprint density at radius 1 is 1.11 bits per heavy atom. The lowest BCUT2D eigenvalue weighted by Gasteiger charge is -2.30. The highest BCUT2D eigenvalue weighted by molar-refractivity contribution is 6.05. The zero-order chi connectivity index (χ0) is 25.1. The van der Waals surface area contributed by atoms with Crippen molar-refractivity contribution in [2.75, 3.05) is 12.8 Å². The summed E-state index contributed by atoms with van der Waals surface area (Å²) in [7, 11) is 1.54. The molecule has 1 aliphatic carbocycles. The van der Waals surface area contributed by atoms with Crippen molar-refractivity contribution in [3.63, 3.8) is 0 Å². The number of fused-ring (bicyclic) bond motifs is 1. The standard InChI is InChI=1S/C24H32N8O3/c1-13(2)20(25)24(34)31-16-6-4-15(5-7-16)30-23(33)17-11-18(14-8-9-27-19(10-14)35-3)32-21(17)22(26)28-12-29-32/h8-13,15-16,20H,4-7,25H2,1-3H3,(H,30,33)(H,31,34)(H2,26,28,29)/t15?,16?,20-/m0/s1. The molecule has 3 aromatic heterocycles. The van der Waals surface area contributed by atoms with Crippen LogP contribution in [-0.4, -0.2) is 56.6 Å². The van der Waals surface area contributed by atoms with Crippen molar-refractivity contribution in [2.45, 2.75) is 57.7 Å². The predicted molar refractivity (Wildman–Crippen MR) is 132 cm³/mol. The molecule has 6 N–H and O–H groups in total. The maximum absolute atomic E-state index is 13.3. The van der Waals surface area contributed by atoms with Gasteiger partial charge in [0.05, 0.1) is 24.4 Å². The van der Waals surface area contributed by atoms with Gasteiger partial charge in [-0.25, -0.2) is 14.5 Å². The van der Waals surface area contributed by atoms with E-state index in [2.05, 4.69) is 25.7 Å². The van der Waals surface area contributed by atoms with Crippen LogP contribution in [0.1, 0.15) is 49.9 Å². The number of nitrogen functional groups attached to an aromatic ring is 1. The SMILES string of the molecule is COc1cc(-c2cc(C(=O)NC3CCC(NC(=O)[C@@H](N)C(C)C)CC3)c3c(N)ncnn23)ccn1. The van der Waals surface area contributed by atoms with Crippen LogP contribution in [0.2, 0.25) is 0 Å². The molecule has 1 aliphatic rings. The molecule has 0 saturated heterocycles. The molecular weight excluding hydrogens is 448 g/mol. The molecule has 3 aromatic rings. The maximum Gasteiger partial charge on any atom is 0.253 e. The molecule has 11 heteroatoms. The van der Waals surface area contributed by atoms with Crippen molar-refractivity contribution < 1.29 is 14.3 Å². The molecule has 0 radical (unpaired) electrons. The predicted octanol–water partition coefficient (Wildman–Crippen LogP) is 1.52. The smallest absolute Gasteiger partial charge is 0.253 e. The van der Waals surface area contributed by atoms with Crippen molar-refractivity contribution in [1.82, 2.24) is 30.2 Å². The Morgan fingerprint density at radius 3 is 2.46 bits per heavy atom. The molecule has 2 amide bonds. The third-order valence-electron chi connectivity index (χ3n) is 6.50. The van der Waals surface area contributed by atoms with E-state index in [9.17, 15) is 9.59 Å². The number of nitrogens with one attached hydrogen (secondary N) is 2. The van der Waals surface area contributed by atoms with Gasteiger partial charge in [-0.3, -0.25) is 9.59 Å². The van der Waals surface area contributed by atoms with E-state index in [1.807, 2.05) is 19.9 Å². The van der Waals surface area contributed by atoms with Gasteiger partial charge >= 0.3 is 0 Å². The number of methoxy groups -OCH3 is 1. The Bertz CT molecular complexity index is 1220. The molecule has 1 atom stereocenters. The first kappa shape index (κ1) is 24.4. The van der Waals surface area contributed by atoms with Crippen LogP contribution in [0.5, 0.6) is 5.88 Å². The van der Waals surface area contributed by atoms with Crippen molar-refractivity contribution in [1.29, 1.82) is 0 Å². The quantitative estimate of drug-likeness (QED) is 0.395. The summed E-state index contributed by atoms with van der Waals surface area (Å²) in [5.41, 5.74) is 14.4. The summed E-state index contributed by atoms with van der Waals surface area (Å²) in [6.07, 6.45) is 6.02. The second-order valence-corrected chi connectivity index (χ2v) is 9.24. The van der Waals surface area contributed by atoms with E-state index in [1.54, 1.807) is 30.0 Å². The first-order chi connectivity index (χ1) is 16.8. The largest absolute Gasteiger partial charge is 0.481 e. The van der Waals surface area contributed by atoms with Crippen molar-refractivity contribution in [3.05, 3.63) is 36.3 Å².